The van der Waals surface area contributed by atoms with Gasteiger partial charge in [0.15, 0.2) is 0 Å². The molecule has 0 bridgehead atoms. The highest BCUT2D eigenvalue weighted by atomic mass is 32.2. The van der Waals surface area contributed by atoms with Crippen molar-refractivity contribution < 1.29 is 18.0 Å². The van der Waals surface area contributed by atoms with Crippen LogP contribution in [0, 0.1) is 19.8 Å². The number of sulfonamides is 1. The van der Waals surface area contributed by atoms with Gasteiger partial charge in [-0.05, 0) is 68.7 Å². The van der Waals surface area contributed by atoms with E-state index in [1.165, 1.54) is 6.07 Å². The van der Waals surface area contributed by atoms with Crippen LogP contribution in [0.3, 0.4) is 0 Å². The van der Waals surface area contributed by atoms with E-state index in [0.29, 0.717) is 49.6 Å². The molecule has 1 aromatic rings. The van der Waals surface area contributed by atoms with Crippen LogP contribution < -0.4 is 5.32 Å². The highest BCUT2D eigenvalue weighted by Gasteiger charge is 2.30. The first-order chi connectivity index (χ1) is 14.7. The smallest absolute Gasteiger partial charge is 0.251 e. The molecule has 2 heterocycles. The van der Waals surface area contributed by atoms with Gasteiger partial charge in [0.05, 0.1) is 4.90 Å². The SMILES string of the molecule is Cc1cc(C(=O)NCCN2CCCCCC2=O)cc(S(=O)(=O)N2CCC(C)CC2)c1C. The lowest BCUT2D eigenvalue weighted by molar-refractivity contribution is -0.130. The molecule has 172 valence electrons. The lowest BCUT2D eigenvalue weighted by atomic mass is 10.0. The Morgan fingerprint density at radius 1 is 1.10 bits per heavy atom. The van der Waals surface area contributed by atoms with Crippen LogP contribution in [0.5, 0.6) is 0 Å². The zero-order chi connectivity index (χ0) is 22.6. The summed E-state index contributed by atoms with van der Waals surface area (Å²) in [5.41, 5.74) is 1.80. The summed E-state index contributed by atoms with van der Waals surface area (Å²) in [4.78, 5) is 26.9. The predicted octanol–water partition coefficient (Wildman–Crippen LogP) is 2.86. The zero-order valence-corrected chi connectivity index (χ0v) is 19.8. The van der Waals surface area contributed by atoms with Crippen LogP contribution >= 0.6 is 0 Å². The molecule has 2 amide bonds. The van der Waals surface area contributed by atoms with Crippen LogP contribution in [-0.4, -0.2) is 62.2 Å². The van der Waals surface area contributed by atoms with E-state index in [4.69, 9.17) is 0 Å². The molecule has 2 saturated heterocycles. The van der Waals surface area contributed by atoms with E-state index in [0.717, 1.165) is 44.2 Å². The minimum atomic E-state index is -3.64. The second kappa shape index (κ2) is 10.1. The van der Waals surface area contributed by atoms with E-state index >= 15 is 0 Å². The Labute approximate surface area is 186 Å². The molecule has 1 aromatic carbocycles. The number of amides is 2. The van der Waals surface area contributed by atoms with Gasteiger partial charge in [-0.3, -0.25) is 9.59 Å². The molecule has 1 N–H and O–H groups in total. The number of nitrogens with zero attached hydrogens (tertiary/aromatic N) is 2. The number of likely N-dealkylation sites (tertiary alicyclic amines) is 1. The van der Waals surface area contributed by atoms with Crippen molar-refractivity contribution in [1.29, 1.82) is 0 Å². The third kappa shape index (κ3) is 5.66. The molecule has 3 rings (SSSR count). The maximum absolute atomic E-state index is 13.3. The first-order valence-corrected chi connectivity index (χ1v) is 12.8. The Morgan fingerprint density at radius 3 is 2.52 bits per heavy atom. The Balaban J connectivity index is 1.71. The van der Waals surface area contributed by atoms with Crippen molar-refractivity contribution in [2.24, 2.45) is 5.92 Å². The molecule has 2 fully saturated rings. The highest BCUT2D eigenvalue weighted by Crippen LogP contribution is 2.28. The average molecular weight is 450 g/mol. The molecular formula is C23H35N3O4S. The molecule has 2 aliphatic rings. The van der Waals surface area contributed by atoms with Crippen molar-refractivity contribution in [2.75, 3.05) is 32.7 Å². The number of benzene rings is 1. The van der Waals surface area contributed by atoms with Crippen LogP contribution in [0.4, 0.5) is 0 Å². The normalized spacial score (nSPS) is 19.3. The van der Waals surface area contributed by atoms with Crippen molar-refractivity contribution in [2.45, 2.75) is 64.2 Å². The third-order valence-electron chi connectivity index (χ3n) is 6.58. The van der Waals surface area contributed by atoms with Gasteiger partial charge in [0, 0.05) is 44.7 Å². The quantitative estimate of drug-likeness (QED) is 0.724. The largest absolute Gasteiger partial charge is 0.350 e. The lowest BCUT2D eigenvalue weighted by Crippen LogP contribution is -2.39. The molecule has 0 aliphatic carbocycles. The Bertz CT molecular complexity index is 921. The Kier molecular flexibility index (Phi) is 7.75. The van der Waals surface area contributed by atoms with E-state index < -0.39 is 10.0 Å². The number of piperidine rings is 1. The minimum Gasteiger partial charge on any atom is -0.350 e. The number of aryl methyl sites for hydroxylation is 1. The van der Waals surface area contributed by atoms with Crippen LogP contribution in [0.2, 0.25) is 0 Å². The predicted molar refractivity (Wildman–Crippen MR) is 120 cm³/mol. The molecule has 2 aliphatic heterocycles. The summed E-state index contributed by atoms with van der Waals surface area (Å²) in [6.07, 6.45) is 5.26. The molecular weight excluding hydrogens is 414 g/mol. The fourth-order valence-electron chi connectivity index (χ4n) is 4.27. The van der Waals surface area contributed by atoms with Crippen LogP contribution in [0.15, 0.2) is 17.0 Å². The summed E-state index contributed by atoms with van der Waals surface area (Å²) in [5, 5.41) is 2.86. The van der Waals surface area contributed by atoms with Crippen molar-refractivity contribution in [3.8, 4) is 0 Å². The van der Waals surface area contributed by atoms with Gasteiger partial charge in [0.2, 0.25) is 15.9 Å². The first-order valence-electron chi connectivity index (χ1n) is 11.4. The Hall–Kier alpha value is -1.93. The monoisotopic (exact) mass is 449 g/mol. The van der Waals surface area contributed by atoms with Gasteiger partial charge < -0.3 is 10.2 Å². The van der Waals surface area contributed by atoms with Gasteiger partial charge in [-0.15, -0.1) is 0 Å². The fraction of sp³-hybridized carbons (Fsp3) is 0.652. The molecule has 8 heteroatoms. The lowest BCUT2D eigenvalue weighted by Gasteiger charge is -2.30. The summed E-state index contributed by atoms with van der Waals surface area (Å²) in [6, 6.07) is 3.24. The molecule has 0 radical (unpaired) electrons. The standard InChI is InChI=1S/C23H35N3O4S/c1-17-8-12-26(13-9-17)31(29,30)21-16-20(15-18(2)19(21)3)23(28)24-10-14-25-11-6-4-5-7-22(25)27/h15-17H,4-14H2,1-3H3,(H,24,28). The number of hydrogen-bond acceptors (Lipinski definition) is 4. The summed E-state index contributed by atoms with van der Waals surface area (Å²) in [7, 11) is -3.64. The number of carbonyl (C=O) groups is 2. The number of nitrogens with one attached hydrogen (secondary N) is 1. The van der Waals surface area contributed by atoms with Gasteiger partial charge in [0.1, 0.15) is 0 Å². The van der Waals surface area contributed by atoms with Gasteiger partial charge in [-0.1, -0.05) is 13.3 Å². The molecule has 7 nitrogen and oxygen atoms in total. The maximum Gasteiger partial charge on any atom is 0.251 e. The van der Waals surface area contributed by atoms with E-state index in [9.17, 15) is 18.0 Å². The van der Waals surface area contributed by atoms with Gasteiger partial charge in [-0.25, -0.2) is 8.42 Å². The van der Waals surface area contributed by atoms with E-state index in [-0.39, 0.29) is 16.7 Å². The molecule has 0 saturated carbocycles. The third-order valence-corrected chi connectivity index (χ3v) is 8.61. The van der Waals surface area contributed by atoms with Crippen molar-refractivity contribution in [1.82, 2.24) is 14.5 Å². The number of carbonyl (C=O) groups excluding carboxylic acids is 2. The molecule has 0 unspecified atom stereocenters. The van der Waals surface area contributed by atoms with Crippen LogP contribution in [-0.2, 0) is 14.8 Å². The van der Waals surface area contributed by atoms with Crippen molar-refractivity contribution in [3.63, 3.8) is 0 Å². The fourth-order valence-corrected chi connectivity index (χ4v) is 6.07. The van der Waals surface area contributed by atoms with Crippen molar-refractivity contribution >= 4 is 21.8 Å². The van der Waals surface area contributed by atoms with Crippen molar-refractivity contribution in [3.05, 3.63) is 28.8 Å². The zero-order valence-electron chi connectivity index (χ0n) is 18.9. The highest BCUT2D eigenvalue weighted by molar-refractivity contribution is 7.89. The molecule has 31 heavy (non-hydrogen) atoms. The summed E-state index contributed by atoms with van der Waals surface area (Å²) in [6.45, 7) is 8.36. The van der Waals surface area contributed by atoms with Crippen LogP contribution in [0.25, 0.3) is 0 Å². The average Bonchev–Trinajstić information content (AvgIpc) is 2.94. The van der Waals surface area contributed by atoms with Gasteiger partial charge in [-0.2, -0.15) is 4.31 Å². The van der Waals surface area contributed by atoms with E-state index in [1.807, 2.05) is 6.92 Å². The van der Waals surface area contributed by atoms with E-state index in [2.05, 4.69) is 12.2 Å². The number of hydrogen-bond donors (Lipinski definition) is 1. The number of rotatable bonds is 6. The first kappa shape index (κ1) is 23.7. The molecule has 0 spiro atoms. The summed E-state index contributed by atoms with van der Waals surface area (Å²) < 4.78 is 28.1. The van der Waals surface area contributed by atoms with Gasteiger partial charge in [0.25, 0.3) is 5.91 Å². The minimum absolute atomic E-state index is 0.141. The molecule has 0 atom stereocenters. The summed E-state index contributed by atoms with van der Waals surface area (Å²) in [5.74, 6) is 0.360. The summed E-state index contributed by atoms with van der Waals surface area (Å²) >= 11 is 0. The maximum atomic E-state index is 13.3. The Morgan fingerprint density at radius 2 is 1.81 bits per heavy atom. The second-order valence-electron chi connectivity index (χ2n) is 8.95. The van der Waals surface area contributed by atoms with Gasteiger partial charge >= 0.3 is 0 Å². The molecule has 0 aromatic heterocycles. The van der Waals surface area contributed by atoms with Crippen LogP contribution in [0.1, 0.15) is 66.9 Å². The second-order valence-corrected chi connectivity index (χ2v) is 10.9. The van der Waals surface area contributed by atoms with E-state index in [1.54, 1.807) is 22.2 Å². The topological polar surface area (TPSA) is 86.8 Å².